The second-order valence-electron chi connectivity index (χ2n) is 2.89. The van der Waals surface area contributed by atoms with Crippen molar-refractivity contribution in [1.82, 2.24) is 14.5 Å². The van der Waals surface area contributed by atoms with Crippen molar-refractivity contribution in [2.45, 2.75) is 12.3 Å². The van der Waals surface area contributed by atoms with Gasteiger partial charge in [0.25, 0.3) is 0 Å². The third-order valence-corrected chi connectivity index (χ3v) is 2.19. The van der Waals surface area contributed by atoms with Crippen LogP contribution in [0.3, 0.4) is 0 Å². The number of aromatic nitrogens is 3. The lowest BCUT2D eigenvalue weighted by Gasteiger charge is -2.21. The summed E-state index contributed by atoms with van der Waals surface area (Å²) in [5.41, 5.74) is 4.42. The van der Waals surface area contributed by atoms with E-state index in [0.717, 1.165) is 10.9 Å². The third-order valence-electron chi connectivity index (χ3n) is 1.76. The zero-order valence-corrected chi connectivity index (χ0v) is 9.45. The Morgan fingerprint density at radius 1 is 1.59 bits per heavy atom. The van der Waals surface area contributed by atoms with Crippen LogP contribution in [0.1, 0.15) is 6.23 Å². The number of aliphatic hydroxyl groups excluding tert-OH is 3. The molecule has 0 radical (unpaired) electrons. The number of aliphatic hydroxyl groups is 3. The van der Waals surface area contributed by atoms with Gasteiger partial charge in [0.1, 0.15) is 18.4 Å². The first-order chi connectivity index (χ1) is 8.10. The van der Waals surface area contributed by atoms with Crippen LogP contribution < -0.4 is 11.4 Å². The summed E-state index contributed by atoms with van der Waals surface area (Å²) < 4.78 is 5.81. The second kappa shape index (κ2) is 6.51. The Labute approximate surface area is 100 Å². The molecule has 0 aliphatic rings. The molecule has 10 heteroatoms. The highest BCUT2D eigenvalue weighted by molar-refractivity contribution is 7.94. The maximum atomic E-state index is 11.5. The number of hydrogen-bond acceptors (Lipinski definition) is 9. The summed E-state index contributed by atoms with van der Waals surface area (Å²) in [5, 5.41) is 26.9. The molecule has 1 rings (SSSR count). The van der Waals surface area contributed by atoms with Gasteiger partial charge in [-0.25, -0.2) is 9.78 Å². The zero-order valence-electron chi connectivity index (χ0n) is 8.63. The van der Waals surface area contributed by atoms with Gasteiger partial charge < -0.3 is 21.1 Å². The number of nitrogens with zero attached hydrogens (tertiary/aromatic N) is 3. The summed E-state index contributed by atoms with van der Waals surface area (Å²) in [5.74, 6) is -0.586. The van der Waals surface area contributed by atoms with E-state index in [1.165, 1.54) is 0 Å². The second-order valence-corrected chi connectivity index (χ2v) is 3.57. The van der Waals surface area contributed by atoms with Gasteiger partial charge in [-0.3, -0.25) is 8.75 Å². The highest BCUT2D eigenvalue weighted by Crippen LogP contribution is 2.18. The fraction of sp³-hybridized carbons (Fsp3) is 0.571. The van der Waals surface area contributed by atoms with E-state index >= 15 is 0 Å². The first kappa shape index (κ1) is 13.9. The van der Waals surface area contributed by atoms with Gasteiger partial charge in [0.15, 0.2) is 6.23 Å². The summed E-state index contributed by atoms with van der Waals surface area (Å²) in [6.45, 7) is -0.631. The van der Waals surface area contributed by atoms with E-state index in [1.54, 1.807) is 0 Å². The van der Waals surface area contributed by atoms with Gasteiger partial charge in [-0.15, -0.1) is 0 Å². The molecule has 9 nitrogen and oxygen atoms in total. The van der Waals surface area contributed by atoms with Crippen molar-refractivity contribution in [3.8, 4) is 0 Å². The van der Waals surface area contributed by atoms with E-state index < -0.39 is 24.6 Å². The molecule has 0 saturated carbocycles. The molecule has 0 spiro atoms. The number of nitrogen functional groups attached to an aromatic ring is 1. The van der Waals surface area contributed by atoms with Crippen molar-refractivity contribution in [2.24, 2.45) is 0 Å². The summed E-state index contributed by atoms with van der Waals surface area (Å²) >= 11 is 0.606. The smallest absolute Gasteiger partial charge is 0.354 e. The average Bonchev–Trinajstić information content (AvgIpc) is 2.31. The van der Waals surface area contributed by atoms with Gasteiger partial charge in [-0.05, 0) is 0 Å². The Morgan fingerprint density at radius 3 is 2.82 bits per heavy atom. The molecule has 1 unspecified atom stereocenters. The molecular weight excluding hydrogens is 252 g/mol. The monoisotopic (exact) mass is 264 g/mol. The van der Waals surface area contributed by atoms with Gasteiger partial charge in [0.2, 0.25) is 5.95 Å². The molecule has 1 aromatic rings. The van der Waals surface area contributed by atoms with Crippen molar-refractivity contribution >= 4 is 18.0 Å². The van der Waals surface area contributed by atoms with Crippen LogP contribution in [0.4, 0.5) is 5.95 Å². The van der Waals surface area contributed by atoms with Gasteiger partial charge in [-0.1, -0.05) is 0 Å². The molecule has 96 valence electrons. The van der Waals surface area contributed by atoms with Gasteiger partial charge in [0, 0.05) is 12.0 Å². The van der Waals surface area contributed by atoms with Crippen molar-refractivity contribution < 1.29 is 19.5 Å². The van der Waals surface area contributed by atoms with Crippen molar-refractivity contribution in [3.63, 3.8) is 0 Å². The van der Waals surface area contributed by atoms with Crippen LogP contribution in [0.25, 0.3) is 0 Å². The van der Waals surface area contributed by atoms with Crippen LogP contribution in [0.5, 0.6) is 0 Å². The Morgan fingerprint density at radius 2 is 2.29 bits per heavy atom. The number of nitrogens with two attached hydrogens (primary N) is 1. The molecule has 17 heavy (non-hydrogen) atoms. The topological polar surface area (TPSA) is 144 Å². The quantitative estimate of drug-likeness (QED) is 0.329. The summed E-state index contributed by atoms with van der Waals surface area (Å²) in [6, 6.07) is 0. The van der Waals surface area contributed by atoms with Gasteiger partial charge >= 0.3 is 5.69 Å². The molecule has 0 amide bonds. The Hall–Kier alpha value is -1.20. The lowest BCUT2D eigenvalue weighted by atomic mass is 10.3. The maximum Gasteiger partial charge on any atom is 0.354 e. The van der Waals surface area contributed by atoms with Crippen LogP contribution in [0.2, 0.25) is 0 Å². The molecule has 0 fully saturated rings. The third kappa shape index (κ3) is 3.64. The summed E-state index contributed by atoms with van der Waals surface area (Å²) in [4.78, 5) is 18.4. The minimum absolute atomic E-state index is 0.210. The molecular formula is C7H12N4O5S. The molecule has 1 heterocycles. The van der Waals surface area contributed by atoms with Crippen molar-refractivity contribution in [1.29, 1.82) is 0 Å². The predicted octanol–water partition coefficient (Wildman–Crippen LogP) is -2.31. The zero-order chi connectivity index (χ0) is 12.8. The van der Waals surface area contributed by atoms with E-state index in [4.69, 9.17) is 20.1 Å². The number of rotatable bonds is 6. The number of hydrogen-bond donors (Lipinski definition) is 4. The summed E-state index contributed by atoms with van der Waals surface area (Å²) in [7, 11) is 0. The van der Waals surface area contributed by atoms with Crippen LogP contribution in [0, 0.1) is 0 Å². The van der Waals surface area contributed by atoms with Crippen molar-refractivity contribution in [3.05, 3.63) is 16.8 Å². The van der Waals surface area contributed by atoms with Gasteiger partial charge in [0.05, 0.1) is 6.61 Å². The molecule has 0 aliphatic heterocycles. The Balaban J connectivity index is 2.99. The van der Waals surface area contributed by atoms with Crippen LogP contribution in [-0.2, 0) is 4.18 Å². The van der Waals surface area contributed by atoms with E-state index in [0.29, 0.717) is 12.0 Å². The van der Waals surface area contributed by atoms with E-state index in [-0.39, 0.29) is 11.9 Å². The highest BCUT2D eigenvalue weighted by Gasteiger charge is 2.23. The lowest BCUT2D eigenvalue weighted by Crippen LogP contribution is -2.36. The summed E-state index contributed by atoms with van der Waals surface area (Å²) in [6.07, 6.45) is -1.55. The van der Waals surface area contributed by atoms with Crippen LogP contribution in [-0.4, -0.2) is 48.5 Å². The lowest BCUT2D eigenvalue weighted by molar-refractivity contribution is -0.0319. The van der Waals surface area contributed by atoms with Crippen LogP contribution in [0.15, 0.2) is 11.1 Å². The molecule has 0 aromatic carbocycles. The Kier molecular flexibility index (Phi) is 5.31. The minimum atomic E-state index is -1.36. The van der Waals surface area contributed by atoms with E-state index in [2.05, 4.69) is 9.97 Å². The highest BCUT2D eigenvalue weighted by atomic mass is 32.2. The number of anilines is 1. The molecule has 0 bridgehead atoms. The normalized spacial score (nSPS) is 14.5. The van der Waals surface area contributed by atoms with Crippen molar-refractivity contribution in [2.75, 3.05) is 18.3 Å². The SMILES string of the molecule is Nc1ncn(C(OSCO)[C@H](O)CO)c(=O)n1. The Bertz CT molecular complexity index is 413. The minimum Gasteiger partial charge on any atom is -0.393 e. The van der Waals surface area contributed by atoms with E-state index in [9.17, 15) is 9.90 Å². The van der Waals surface area contributed by atoms with Crippen LogP contribution >= 0.6 is 12.0 Å². The first-order valence-corrected chi connectivity index (χ1v) is 5.40. The fourth-order valence-corrected chi connectivity index (χ4v) is 1.44. The fourth-order valence-electron chi connectivity index (χ4n) is 1.02. The molecule has 0 aliphatic carbocycles. The van der Waals surface area contributed by atoms with Gasteiger partial charge in [-0.2, -0.15) is 4.98 Å². The molecule has 0 saturated heterocycles. The first-order valence-electron chi connectivity index (χ1n) is 4.49. The average molecular weight is 264 g/mol. The van der Waals surface area contributed by atoms with E-state index in [1.807, 2.05) is 0 Å². The predicted molar refractivity (Wildman–Crippen MR) is 58.6 cm³/mol. The largest absolute Gasteiger partial charge is 0.393 e. The molecule has 2 atom stereocenters. The maximum absolute atomic E-state index is 11.5. The standard InChI is InChI=1S/C7H12N4O5S/c8-6-9-2-11(7(15)10-6)5(4(14)1-12)16-17-3-13/h2,4-5,12-14H,1,3H2,(H2,8,10,15)/t4-,5?/m1/s1. The molecule has 1 aromatic heterocycles. The molecule has 5 N–H and O–H groups in total.